The number of tetrazole rings is 1. The number of fused-ring (bicyclic) bond motifs is 1. The molecule has 3 aromatic rings. The van der Waals surface area contributed by atoms with Gasteiger partial charge in [-0.25, -0.2) is 0 Å². The minimum absolute atomic E-state index is 0.432. The van der Waals surface area contributed by atoms with Crippen molar-refractivity contribution >= 4 is 22.8 Å². The summed E-state index contributed by atoms with van der Waals surface area (Å²) < 4.78 is 1.49. The lowest BCUT2D eigenvalue weighted by Gasteiger charge is -2.24. The van der Waals surface area contributed by atoms with E-state index in [0.717, 1.165) is 12.4 Å². The smallest absolute Gasteiger partial charge is 0.200 e. The van der Waals surface area contributed by atoms with Gasteiger partial charge in [0.25, 0.3) is 0 Å². The molecule has 0 N–H and O–H groups in total. The molecule has 0 spiro atoms. The number of nitrogens with zero attached hydrogens (tertiary/aromatic N) is 6. The summed E-state index contributed by atoms with van der Waals surface area (Å²) in [6.07, 6.45) is 2.37. The van der Waals surface area contributed by atoms with Crippen molar-refractivity contribution in [3.05, 3.63) is 34.5 Å². The van der Waals surface area contributed by atoms with Crippen LogP contribution < -0.4 is 4.90 Å². The van der Waals surface area contributed by atoms with Crippen LogP contribution in [0.15, 0.2) is 29.6 Å². The highest BCUT2D eigenvalue weighted by atomic mass is 32.1. The van der Waals surface area contributed by atoms with Gasteiger partial charge < -0.3 is 4.90 Å². The first-order chi connectivity index (χ1) is 9.42. The number of anilines is 1. The molecule has 1 aliphatic rings. The average molecular weight is 272 g/mol. The summed E-state index contributed by atoms with van der Waals surface area (Å²) >= 11 is 1.81. The van der Waals surface area contributed by atoms with Crippen LogP contribution in [0.5, 0.6) is 0 Å². The Balaban J connectivity index is 1.73. The van der Waals surface area contributed by atoms with Crippen LogP contribution in [-0.2, 0) is 0 Å². The van der Waals surface area contributed by atoms with E-state index < -0.39 is 0 Å². The van der Waals surface area contributed by atoms with Crippen LogP contribution in [-0.4, -0.2) is 31.8 Å². The highest BCUT2D eigenvalue weighted by Gasteiger charge is 2.28. The van der Waals surface area contributed by atoms with Gasteiger partial charge in [-0.2, -0.15) is 0 Å². The SMILES string of the molecule is c1csc([C@@H]2CCCN2c2ccc3nnnn3n2)c1. The molecule has 96 valence electrons. The van der Waals surface area contributed by atoms with Gasteiger partial charge in [-0.3, -0.25) is 0 Å². The third kappa shape index (κ3) is 1.77. The molecule has 0 saturated carbocycles. The first kappa shape index (κ1) is 10.9. The summed E-state index contributed by atoms with van der Waals surface area (Å²) in [5.41, 5.74) is 0.677. The van der Waals surface area contributed by atoms with Gasteiger partial charge in [0, 0.05) is 11.4 Å². The second-order valence-electron chi connectivity index (χ2n) is 4.58. The lowest BCUT2D eigenvalue weighted by Crippen LogP contribution is -2.23. The number of thiophene rings is 1. The topological polar surface area (TPSA) is 59.2 Å². The summed E-state index contributed by atoms with van der Waals surface area (Å²) in [4.78, 5) is 3.74. The lowest BCUT2D eigenvalue weighted by atomic mass is 10.2. The third-order valence-corrected chi connectivity index (χ3v) is 4.45. The molecule has 1 fully saturated rings. The van der Waals surface area contributed by atoms with Gasteiger partial charge in [0.2, 0.25) is 0 Å². The second kappa shape index (κ2) is 4.27. The van der Waals surface area contributed by atoms with E-state index in [-0.39, 0.29) is 0 Å². The average Bonchev–Trinajstić information content (AvgIpc) is 3.18. The maximum atomic E-state index is 4.49. The van der Waals surface area contributed by atoms with E-state index >= 15 is 0 Å². The van der Waals surface area contributed by atoms with Gasteiger partial charge in [0.05, 0.1) is 6.04 Å². The maximum Gasteiger partial charge on any atom is 0.200 e. The van der Waals surface area contributed by atoms with Crippen LogP contribution in [0.4, 0.5) is 5.82 Å². The number of hydrogen-bond acceptors (Lipinski definition) is 6. The van der Waals surface area contributed by atoms with Crippen molar-refractivity contribution in [3.63, 3.8) is 0 Å². The molecule has 0 bridgehead atoms. The predicted octanol–water partition coefficient (Wildman–Crippen LogP) is 1.92. The van der Waals surface area contributed by atoms with E-state index in [9.17, 15) is 0 Å². The summed E-state index contributed by atoms with van der Waals surface area (Å²) in [5.74, 6) is 0.940. The van der Waals surface area contributed by atoms with Crippen molar-refractivity contribution in [3.8, 4) is 0 Å². The van der Waals surface area contributed by atoms with Crippen molar-refractivity contribution in [1.82, 2.24) is 25.3 Å². The van der Waals surface area contributed by atoms with E-state index in [2.05, 4.69) is 43.0 Å². The highest BCUT2D eigenvalue weighted by Crippen LogP contribution is 2.36. The summed E-state index contributed by atoms with van der Waals surface area (Å²) in [6.45, 7) is 1.03. The van der Waals surface area contributed by atoms with Gasteiger partial charge in [-0.1, -0.05) is 6.07 Å². The molecule has 0 amide bonds. The quantitative estimate of drug-likeness (QED) is 0.713. The van der Waals surface area contributed by atoms with Crippen LogP contribution >= 0.6 is 11.3 Å². The van der Waals surface area contributed by atoms with Crippen LogP contribution in [0.2, 0.25) is 0 Å². The molecule has 0 radical (unpaired) electrons. The molecule has 0 aliphatic carbocycles. The molecule has 1 aliphatic heterocycles. The van der Waals surface area contributed by atoms with Crippen molar-refractivity contribution in [2.45, 2.75) is 18.9 Å². The van der Waals surface area contributed by atoms with E-state index in [0.29, 0.717) is 11.7 Å². The minimum atomic E-state index is 0.432. The Kier molecular flexibility index (Phi) is 2.44. The zero-order valence-electron chi connectivity index (χ0n) is 10.2. The summed E-state index contributed by atoms with van der Waals surface area (Å²) in [5, 5.41) is 18.0. The molecule has 1 atom stereocenters. The molecule has 0 aromatic carbocycles. The monoisotopic (exact) mass is 272 g/mol. The van der Waals surface area contributed by atoms with Crippen molar-refractivity contribution in [1.29, 1.82) is 0 Å². The van der Waals surface area contributed by atoms with Gasteiger partial charge in [-0.15, -0.1) is 26.2 Å². The van der Waals surface area contributed by atoms with E-state index in [1.807, 2.05) is 23.5 Å². The van der Waals surface area contributed by atoms with Crippen LogP contribution in [0.1, 0.15) is 23.8 Å². The van der Waals surface area contributed by atoms with Gasteiger partial charge >= 0.3 is 0 Å². The molecule has 1 saturated heterocycles. The predicted molar refractivity (Wildman–Crippen MR) is 72.2 cm³/mol. The highest BCUT2D eigenvalue weighted by molar-refractivity contribution is 7.10. The molecule has 4 heterocycles. The first-order valence-electron chi connectivity index (χ1n) is 6.27. The third-order valence-electron chi connectivity index (χ3n) is 3.47. The summed E-state index contributed by atoms with van der Waals surface area (Å²) in [7, 11) is 0. The van der Waals surface area contributed by atoms with E-state index in [1.165, 1.54) is 22.3 Å². The fraction of sp³-hybridized carbons (Fsp3) is 0.333. The first-order valence-corrected chi connectivity index (χ1v) is 7.15. The molecule has 6 nitrogen and oxygen atoms in total. The van der Waals surface area contributed by atoms with Crippen LogP contribution in [0.3, 0.4) is 0 Å². The zero-order chi connectivity index (χ0) is 12.7. The zero-order valence-corrected chi connectivity index (χ0v) is 11.0. The van der Waals surface area contributed by atoms with E-state index in [4.69, 9.17) is 0 Å². The Labute approximate surface area is 113 Å². The Morgan fingerprint density at radius 2 is 2.26 bits per heavy atom. The normalized spacial score (nSPS) is 19.4. The largest absolute Gasteiger partial charge is 0.347 e. The minimum Gasteiger partial charge on any atom is -0.347 e. The summed E-state index contributed by atoms with van der Waals surface area (Å²) in [6, 6.07) is 8.64. The molecular weight excluding hydrogens is 260 g/mol. The molecule has 19 heavy (non-hydrogen) atoms. The molecular formula is C12H12N6S. The Morgan fingerprint density at radius 1 is 1.26 bits per heavy atom. The lowest BCUT2D eigenvalue weighted by molar-refractivity contribution is 0.686. The second-order valence-corrected chi connectivity index (χ2v) is 5.56. The number of aromatic nitrogens is 5. The molecule has 7 heteroatoms. The van der Waals surface area contributed by atoms with Crippen molar-refractivity contribution in [2.24, 2.45) is 0 Å². The molecule has 4 rings (SSSR count). The van der Waals surface area contributed by atoms with Gasteiger partial charge in [0.15, 0.2) is 11.5 Å². The van der Waals surface area contributed by atoms with E-state index in [1.54, 1.807) is 0 Å². The van der Waals surface area contributed by atoms with Crippen LogP contribution in [0, 0.1) is 0 Å². The fourth-order valence-corrected chi connectivity index (χ4v) is 3.48. The number of rotatable bonds is 2. The Hall–Kier alpha value is -2.02. The number of hydrogen-bond donors (Lipinski definition) is 0. The van der Waals surface area contributed by atoms with Crippen molar-refractivity contribution in [2.75, 3.05) is 11.4 Å². The van der Waals surface area contributed by atoms with Gasteiger partial charge in [0.1, 0.15) is 0 Å². The van der Waals surface area contributed by atoms with Gasteiger partial charge in [-0.05, 0) is 46.8 Å². The Bertz CT molecular complexity index is 691. The van der Waals surface area contributed by atoms with Crippen molar-refractivity contribution < 1.29 is 0 Å². The Morgan fingerprint density at radius 3 is 3.16 bits per heavy atom. The molecule has 0 unspecified atom stereocenters. The molecule has 3 aromatic heterocycles. The van der Waals surface area contributed by atoms with Crippen LogP contribution in [0.25, 0.3) is 5.65 Å². The fourth-order valence-electron chi connectivity index (χ4n) is 2.61. The standard InChI is InChI=1S/C12H12N6S/c1-3-9(10-4-2-8-19-10)17(7-1)12-6-5-11-13-15-16-18(11)14-12/h2,4-6,8-9H,1,3,7H2/t9-/m0/s1. The maximum absolute atomic E-state index is 4.49.